The number of rotatable bonds is 3. The lowest BCUT2D eigenvalue weighted by Crippen LogP contribution is -2.73. The topological polar surface area (TPSA) is 182 Å². The molecule has 1 aromatic rings. The summed E-state index contributed by atoms with van der Waals surface area (Å²) in [4.78, 5) is 69.2. The Labute approximate surface area is 250 Å². The van der Waals surface area contributed by atoms with Crippen molar-refractivity contribution in [3.63, 3.8) is 0 Å². The van der Waals surface area contributed by atoms with Crippen LogP contribution in [0.4, 0.5) is 13.2 Å². The Kier molecular flexibility index (Phi) is 7.71. The summed E-state index contributed by atoms with van der Waals surface area (Å²) in [6.45, 7) is 1.80. The van der Waals surface area contributed by atoms with Gasteiger partial charge in [0.25, 0.3) is 0 Å². The molecule has 1 saturated heterocycles. The number of benzene rings is 1. The number of primary amides is 1. The van der Waals surface area contributed by atoms with Crippen LogP contribution in [0.25, 0.3) is 0 Å². The molecule has 1 heterocycles. The van der Waals surface area contributed by atoms with Crippen LogP contribution >= 0.6 is 0 Å². The number of phenols is 1. The number of alkyl halides is 3. The van der Waals surface area contributed by atoms with E-state index in [0.717, 1.165) is 6.07 Å². The Morgan fingerprint density at radius 1 is 1.14 bits per heavy atom. The molecule has 44 heavy (non-hydrogen) atoms. The van der Waals surface area contributed by atoms with Gasteiger partial charge >= 0.3 is 6.18 Å². The minimum atomic E-state index is -4.98. The number of aliphatic hydroxyl groups excluding tert-OH is 1. The standard InChI is InChI=1S/C29H35F3N4O8/c1-11(37)36-6-5-35(4)16(10-36)13-9-17(38)19-14(21(13)29(30,31)32)7-12-8-15-22(34(2)3)24(40)20(27(33)43)26(42)28(15,44)25(41)18(12)23(19)39/h9,12,15-16,18,20,22-23,38-39,44H,5-8,10H2,1-4H3,(H2,33,43). The summed E-state index contributed by atoms with van der Waals surface area (Å²) >= 11 is 0. The van der Waals surface area contributed by atoms with Crippen molar-refractivity contribution in [1.82, 2.24) is 14.7 Å². The van der Waals surface area contributed by atoms with Gasteiger partial charge in [0.05, 0.1) is 29.7 Å². The van der Waals surface area contributed by atoms with E-state index in [2.05, 4.69) is 0 Å². The number of carbonyl (C=O) groups is 5. The number of aliphatic hydroxyl groups is 2. The van der Waals surface area contributed by atoms with E-state index in [9.17, 15) is 52.5 Å². The van der Waals surface area contributed by atoms with Gasteiger partial charge in [-0.3, -0.25) is 33.8 Å². The number of likely N-dealkylation sites (N-methyl/N-ethyl adjacent to an activating group) is 2. The first-order valence-corrected chi connectivity index (χ1v) is 14.2. The predicted octanol–water partition coefficient (Wildman–Crippen LogP) is -0.428. The van der Waals surface area contributed by atoms with Gasteiger partial charge in [-0.05, 0) is 57.1 Å². The third-order valence-electron chi connectivity index (χ3n) is 10.0. The Morgan fingerprint density at radius 3 is 2.32 bits per heavy atom. The molecule has 240 valence electrons. The maximum atomic E-state index is 14.9. The SMILES string of the molecule is CC(=O)N1CCN(C)C(c2cc(O)c3c(c2C(F)(F)F)CC2CC4C(N(C)C)C(=O)C(C(N)=O)C(=O)C4(O)C(=O)C2C3O)C1. The molecule has 3 fully saturated rings. The van der Waals surface area contributed by atoms with Gasteiger partial charge in [0.1, 0.15) is 5.75 Å². The first kappa shape index (κ1) is 32.0. The smallest absolute Gasteiger partial charge is 0.417 e. The number of hydrogen-bond donors (Lipinski definition) is 4. The highest BCUT2D eigenvalue weighted by Crippen LogP contribution is 2.56. The Bertz CT molecular complexity index is 1460. The fourth-order valence-electron chi connectivity index (χ4n) is 8.01. The zero-order chi connectivity index (χ0) is 32.8. The molecular formula is C29H35F3N4O8. The molecule has 12 nitrogen and oxygen atoms in total. The van der Waals surface area contributed by atoms with Crippen LogP contribution in [-0.4, -0.2) is 112 Å². The number of phenolic OH excluding ortho intramolecular Hbond substituents is 1. The molecule has 3 aliphatic carbocycles. The predicted molar refractivity (Wildman–Crippen MR) is 145 cm³/mol. The number of amides is 2. The second-order valence-electron chi connectivity index (χ2n) is 12.6. The van der Waals surface area contributed by atoms with Crippen molar-refractivity contribution < 1.29 is 52.5 Å². The molecule has 0 aromatic heterocycles. The summed E-state index contributed by atoms with van der Waals surface area (Å²) < 4.78 is 44.8. The maximum absolute atomic E-state index is 14.9. The van der Waals surface area contributed by atoms with Gasteiger partial charge < -0.3 is 26.0 Å². The van der Waals surface area contributed by atoms with Crippen molar-refractivity contribution in [2.75, 3.05) is 40.8 Å². The zero-order valence-electron chi connectivity index (χ0n) is 24.6. The van der Waals surface area contributed by atoms with Crippen molar-refractivity contribution in [2.45, 2.75) is 49.7 Å². The van der Waals surface area contributed by atoms with E-state index in [1.54, 1.807) is 11.9 Å². The molecule has 0 radical (unpaired) electrons. The number of Topliss-reactive ketones (excluding diaryl/α,β-unsaturated/α-hetero) is 3. The fraction of sp³-hybridized carbons (Fsp3) is 0.621. The zero-order valence-corrected chi connectivity index (χ0v) is 24.6. The summed E-state index contributed by atoms with van der Waals surface area (Å²) in [7, 11) is 4.45. The minimum Gasteiger partial charge on any atom is -0.508 e. The molecule has 0 bridgehead atoms. The van der Waals surface area contributed by atoms with Gasteiger partial charge in [0.2, 0.25) is 11.8 Å². The van der Waals surface area contributed by atoms with Crippen LogP contribution in [0.2, 0.25) is 0 Å². The molecule has 1 aromatic carbocycles. The Balaban J connectivity index is 1.67. The second kappa shape index (κ2) is 10.6. The van der Waals surface area contributed by atoms with Crippen molar-refractivity contribution in [1.29, 1.82) is 0 Å². The first-order valence-electron chi connectivity index (χ1n) is 14.2. The van der Waals surface area contributed by atoms with E-state index < -0.39 is 106 Å². The average Bonchev–Trinajstić information content (AvgIpc) is 2.89. The summed E-state index contributed by atoms with van der Waals surface area (Å²) in [6, 6.07) is -1.42. The molecule has 4 aliphatic rings. The van der Waals surface area contributed by atoms with E-state index in [4.69, 9.17) is 5.73 Å². The van der Waals surface area contributed by atoms with Gasteiger partial charge in [0.15, 0.2) is 28.9 Å². The van der Waals surface area contributed by atoms with E-state index >= 15 is 0 Å². The lowest BCUT2D eigenvalue weighted by molar-refractivity contribution is -0.186. The highest BCUT2D eigenvalue weighted by Gasteiger charge is 2.69. The van der Waals surface area contributed by atoms with Crippen LogP contribution in [0.5, 0.6) is 5.75 Å². The molecule has 8 unspecified atom stereocenters. The monoisotopic (exact) mass is 624 g/mol. The quantitative estimate of drug-likeness (QED) is 0.322. The van der Waals surface area contributed by atoms with Crippen molar-refractivity contribution >= 4 is 29.2 Å². The summed E-state index contributed by atoms with van der Waals surface area (Å²) in [6.07, 6.45) is -7.82. The molecule has 2 saturated carbocycles. The van der Waals surface area contributed by atoms with Crippen LogP contribution in [0.15, 0.2) is 6.07 Å². The van der Waals surface area contributed by atoms with Crippen LogP contribution in [0.1, 0.15) is 47.7 Å². The fourth-order valence-corrected chi connectivity index (χ4v) is 8.01. The molecule has 5 rings (SSSR count). The molecule has 2 amide bonds. The van der Waals surface area contributed by atoms with Crippen molar-refractivity contribution in [3.05, 3.63) is 28.3 Å². The molecule has 0 spiro atoms. The lowest BCUT2D eigenvalue weighted by Gasteiger charge is -2.54. The number of fused-ring (bicyclic) bond motifs is 3. The van der Waals surface area contributed by atoms with Gasteiger partial charge in [-0.15, -0.1) is 0 Å². The Morgan fingerprint density at radius 2 is 1.77 bits per heavy atom. The van der Waals surface area contributed by atoms with Crippen molar-refractivity contribution in [2.24, 2.45) is 29.4 Å². The minimum absolute atomic E-state index is 0.0783. The van der Waals surface area contributed by atoms with E-state index in [1.807, 2.05) is 0 Å². The third kappa shape index (κ3) is 4.54. The van der Waals surface area contributed by atoms with Crippen LogP contribution in [-0.2, 0) is 36.6 Å². The summed E-state index contributed by atoms with van der Waals surface area (Å²) in [5.74, 6) is -12.3. The van der Waals surface area contributed by atoms with Crippen LogP contribution in [0, 0.1) is 23.7 Å². The number of hydrogen-bond acceptors (Lipinski definition) is 10. The lowest BCUT2D eigenvalue weighted by atomic mass is 9.52. The first-order chi connectivity index (χ1) is 20.3. The normalized spacial score (nSPS) is 34.5. The highest BCUT2D eigenvalue weighted by molar-refractivity contribution is 6.30. The number of aromatic hydroxyl groups is 1. The molecule has 1 aliphatic heterocycles. The van der Waals surface area contributed by atoms with Crippen molar-refractivity contribution in [3.8, 4) is 5.75 Å². The van der Waals surface area contributed by atoms with Gasteiger partial charge in [0, 0.05) is 38.0 Å². The molecule has 5 N–H and O–H groups in total. The molecule has 15 heteroatoms. The number of piperazine rings is 1. The van der Waals surface area contributed by atoms with Crippen LogP contribution in [0.3, 0.4) is 0 Å². The number of nitrogens with two attached hydrogens (primary N) is 1. The summed E-state index contributed by atoms with van der Waals surface area (Å²) in [5.41, 5.74) is 0.00107. The van der Waals surface area contributed by atoms with Gasteiger partial charge in [-0.1, -0.05) is 0 Å². The van der Waals surface area contributed by atoms with Gasteiger partial charge in [-0.2, -0.15) is 13.2 Å². The molecular weight excluding hydrogens is 589 g/mol. The number of ketones is 3. The van der Waals surface area contributed by atoms with Crippen LogP contribution < -0.4 is 5.73 Å². The van der Waals surface area contributed by atoms with E-state index in [1.165, 1.54) is 30.8 Å². The largest absolute Gasteiger partial charge is 0.508 e. The number of nitrogens with zero attached hydrogens (tertiary/aromatic N) is 3. The third-order valence-corrected chi connectivity index (χ3v) is 10.0. The number of carbonyl (C=O) groups excluding carboxylic acids is 5. The molecule has 8 atom stereocenters. The van der Waals surface area contributed by atoms with E-state index in [0.29, 0.717) is 6.54 Å². The maximum Gasteiger partial charge on any atom is 0.417 e. The highest BCUT2D eigenvalue weighted by atomic mass is 19.4. The number of halogens is 3. The van der Waals surface area contributed by atoms with Gasteiger partial charge in [-0.25, -0.2) is 0 Å². The Hall–Kier alpha value is -3.40. The summed E-state index contributed by atoms with van der Waals surface area (Å²) in [5, 5.41) is 34.2. The van der Waals surface area contributed by atoms with E-state index in [-0.39, 0.29) is 31.0 Å². The average molecular weight is 625 g/mol. The second-order valence-corrected chi connectivity index (χ2v) is 12.6.